The maximum atomic E-state index is 15.1. The number of para-hydroxylation sites is 1. The van der Waals surface area contributed by atoms with Gasteiger partial charge >= 0.3 is 5.97 Å². The fourth-order valence-corrected chi connectivity index (χ4v) is 8.00. The minimum atomic E-state index is -1.49. The van der Waals surface area contributed by atoms with Crippen molar-refractivity contribution < 1.29 is 33.8 Å². The van der Waals surface area contributed by atoms with Crippen molar-refractivity contribution in [1.82, 2.24) is 10.2 Å². The Bertz CT molecular complexity index is 1820. The first kappa shape index (κ1) is 33.7. The van der Waals surface area contributed by atoms with Crippen LogP contribution in [0.4, 0.5) is 5.69 Å². The molecule has 1 spiro atoms. The summed E-state index contributed by atoms with van der Waals surface area (Å²) >= 11 is 6.68. The average molecular weight is 696 g/mol. The molecule has 11 heteroatoms. The standard InChI is InChI=1S/C39H38ClN3O7/c40-28-16-9-10-17-30(28)42-21-11-3-8-18-32(45)49-24-29(26-14-6-2-7-15-26)41-36(46)33-31-19-20-39(50-31)34(33)37(47)43(35(39)38(42)48)27(23-44)22-25-12-4-1-5-13-25/h1-7,9-17,19-20,27,29,31,33-35,44H,8,18,21-24H2,(H,41,46)/b11-3-/t27-,29-,31-,33+,34+,35-,39+/m1/s1. The van der Waals surface area contributed by atoms with Gasteiger partial charge in [-0.05, 0) is 36.1 Å². The molecule has 2 N–H and O–H groups in total. The van der Waals surface area contributed by atoms with Crippen LogP contribution in [0.1, 0.15) is 30.0 Å². The van der Waals surface area contributed by atoms with Gasteiger partial charge in [0.1, 0.15) is 18.2 Å². The van der Waals surface area contributed by atoms with Crippen LogP contribution in [-0.2, 0) is 35.1 Å². The van der Waals surface area contributed by atoms with Gasteiger partial charge in [0.15, 0.2) is 0 Å². The van der Waals surface area contributed by atoms with Crippen LogP contribution in [0.3, 0.4) is 0 Å². The van der Waals surface area contributed by atoms with Crippen molar-refractivity contribution in [2.24, 2.45) is 11.8 Å². The minimum Gasteiger partial charge on any atom is -0.463 e. The van der Waals surface area contributed by atoms with Gasteiger partial charge in [-0.3, -0.25) is 19.2 Å². The van der Waals surface area contributed by atoms with Gasteiger partial charge < -0.3 is 29.7 Å². The predicted molar refractivity (Wildman–Crippen MR) is 186 cm³/mol. The lowest BCUT2D eigenvalue weighted by Crippen LogP contribution is -2.59. The number of likely N-dealkylation sites (tertiary alicyclic amines) is 1. The molecule has 10 nitrogen and oxygen atoms in total. The van der Waals surface area contributed by atoms with Gasteiger partial charge in [0.05, 0.1) is 47.3 Å². The van der Waals surface area contributed by atoms with Crippen LogP contribution >= 0.6 is 11.6 Å². The molecule has 0 radical (unpaired) electrons. The van der Waals surface area contributed by atoms with Gasteiger partial charge in [0.2, 0.25) is 11.8 Å². The molecule has 3 aromatic carbocycles. The molecular weight excluding hydrogens is 658 g/mol. The summed E-state index contributed by atoms with van der Waals surface area (Å²) in [6.07, 6.45) is 7.00. The zero-order valence-electron chi connectivity index (χ0n) is 27.3. The Kier molecular flexibility index (Phi) is 9.59. The zero-order valence-corrected chi connectivity index (χ0v) is 28.0. The number of benzene rings is 3. The Balaban J connectivity index is 1.34. The Morgan fingerprint density at radius 3 is 2.38 bits per heavy atom. The molecule has 50 heavy (non-hydrogen) atoms. The molecule has 258 valence electrons. The molecule has 3 amide bonds. The van der Waals surface area contributed by atoms with Gasteiger partial charge in [-0.2, -0.15) is 0 Å². The van der Waals surface area contributed by atoms with E-state index in [1.165, 1.54) is 9.80 Å². The van der Waals surface area contributed by atoms with E-state index in [-0.39, 0.29) is 26.0 Å². The van der Waals surface area contributed by atoms with Gasteiger partial charge in [-0.25, -0.2) is 0 Å². The second-order valence-electron chi connectivity index (χ2n) is 13.0. The van der Waals surface area contributed by atoms with Crippen LogP contribution in [-0.4, -0.2) is 77.2 Å². The number of rotatable bonds is 6. The van der Waals surface area contributed by atoms with E-state index >= 15 is 4.79 Å². The third-order valence-corrected chi connectivity index (χ3v) is 10.4. The summed E-state index contributed by atoms with van der Waals surface area (Å²) in [5.74, 6) is -3.87. The third-order valence-electron chi connectivity index (χ3n) is 10.1. The van der Waals surface area contributed by atoms with Gasteiger partial charge in [-0.15, -0.1) is 0 Å². The molecular formula is C39H38ClN3O7. The van der Waals surface area contributed by atoms with E-state index in [0.717, 1.165) is 11.1 Å². The molecule has 7 atom stereocenters. The van der Waals surface area contributed by atoms with E-state index in [1.54, 1.807) is 48.6 Å². The Morgan fingerprint density at radius 2 is 1.64 bits per heavy atom. The molecule has 3 aromatic rings. The lowest BCUT2D eigenvalue weighted by molar-refractivity contribution is -0.146. The third kappa shape index (κ3) is 6.12. The molecule has 0 unspecified atom stereocenters. The van der Waals surface area contributed by atoms with Crippen molar-refractivity contribution in [3.05, 3.63) is 125 Å². The molecule has 4 aliphatic rings. The predicted octanol–water partition coefficient (Wildman–Crippen LogP) is 4.18. The SMILES string of the molecule is O=C1CC/C=C\CN(c2ccccc2Cl)C(=O)[C@H]2N([C@@H](CO)Cc3ccccc3)C(=O)[C@@H]3[C@@H](C(=O)N[C@@H](c4ccccc4)CO1)[C@H]1C=C[C@]32O1. The van der Waals surface area contributed by atoms with Crippen molar-refractivity contribution in [2.75, 3.05) is 24.7 Å². The van der Waals surface area contributed by atoms with E-state index in [4.69, 9.17) is 21.1 Å². The number of hydrogen-bond donors (Lipinski definition) is 2. The van der Waals surface area contributed by atoms with E-state index in [0.29, 0.717) is 17.1 Å². The lowest BCUT2D eigenvalue weighted by Gasteiger charge is -2.39. The Morgan fingerprint density at radius 1 is 0.920 bits per heavy atom. The molecule has 4 heterocycles. The largest absolute Gasteiger partial charge is 0.463 e. The number of carbonyl (C=O) groups excluding carboxylic acids is 4. The van der Waals surface area contributed by atoms with Crippen molar-refractivity contribution >= 4 is 41.0 Å². The summed E-state index contributed by atoms with van der Waals surface area (Å²) in [5.41, 5.74) is 0.535. The highest BCUT2D eigenvalue weighted by Gasteiger charge is 2.74. The lowest BCUT2D eigenvalue weighted by atomic mass is 9.74. The first-order chi connectivity index (χ1) is 24.3. The molecule has 0 aromatic heterocycles. The number of allylic oxidation sites excluding steroid dienone is 1. The number of fused-ring (bicyclic) bond motifs is 2. The number of aliphatic hydroxyl groups excluding tert-OH is 1. The fourth-order valence-electron chi connectivity index (χ4n) is 7.76. The number of cyclic esters (lactones) is 1. The van der Waals surface area contributed by atoms with E-state index in [1.807, 2.05) is 60.7 Å². The molecule has 0 saturated carbocycles. The molecule has 7 rings (SSSR count). The van der Waals surface area contributed by atoms with Gasteiger partial charge in [-0.1, -0.05) is 109 Å². The number of amides is 3. The maximum Gasteiger partial charge on any atom is 0.306 e. The molecule has 2 fully saturated rings. The van der Waals surface area contributed by atoms with Crippen molar-refractivity contribution in [2.45, 2.75) is 49.1 Å². The molecule has 5 bridgehead atoms. The Hall–Kier alpha value is -4.77. The van der Waals surface area contributed by atoms with Gasteiger partial charge in [0, 0.05) is 13.0 Å². The second kappa shape index (κ2) is 14.2. The molecule has 2 saturated heterocycles. The summed E-state index contributed by atoms with van der Waals surface area (Å²) in [7, 11) is 0. The second-order valence-corrected chi connectivity index (χ2v) is 13.4. The highest BCUT2D eigenvalue weighted by molar-refractivity contribution is 6.34. The average Bonchev–Trinajstić information content (AvgIpc) is 3.78. The van der Waals surface area contributed by atoms with Crippen molar-refractivity contribution in [1.29, 1.82) is 0 Å². The number of aliphatic hydroxyl groups is 1. The Labute approximate surface area is 295 Å². The van der Waals surface area contributed by atoms with Crippen LogP contribution < -0.4 is 10.2 Å². The topological polar surface area (TPSA) is 125 Å². The van der Waals surface area contributed by atoms with Crippen molar-refractivity contribution in [3.8, 4) is 0 Å². The zero-order chi connectivity index (χ0) is 34.8. The fraction of sp³-hybridized carbons (Fsp3) is 0.333. The number of carbonyl (C=O) groups is 4. The summed E-state index contributed by atoms with van der Waals surface area (Å²) in [6, 6.07) is 22.8. The first-order valence-electron chi connectivity index (χ1n) is 16.9. The van der Waals surface area contributed by atoms with E-state index < -0.39 is 72.0 Å². The number of hydrogen-bond acceptors (Lipinski definition) is 7. The maximum absolute atomic E-state index is 15.1. The van der Waals surface area contributed by atoms with E-state index in [2.05, 4.69) is 5.32 Å². The monoisotopic (exact) mass is 695 g/mol. The van der Waals surface area contributed by atoms with E-state index in [9.17, 15) is 19.5 Å². The van der Waals surface area contributed by atoms with Crippen LogP contribution in [0.15, 0.2) is 109 Å². The number of nitrogens with zero attached hydrogens (tertiary/aromatic N) is 2. The van der Waals surface area contributed by atoms with Crippen LogP contribution in [0, 0.1) is 11.8 Å². The number of anilines is 1. The van der Waals surface area contributed by atoms with Gasteiger partial charge in [0.25, 0.3) is 5.91 Å². The summed E-state index contributed by atoms with van der Waals surface area (Å²) in [5, 5.41) is 14.2. The van der Waals surface area contributed by atoms with Crippen LogP contribution in [0.5, 0.6) is 0 Å². The minimum absolute atomic E-state index is 0.0759. The summed E-state index contributed by atoms with van der Waals surface area (Å²) in [6.45, 7) is -0.454. The normalized spacial score (nSPS) is 29.4. The number of halogens is 1. The first-order valence-corrected chi connectivity index (χ1v) is 17.3. The van der Waals surface area contributed by atoms with Crippen LogP contribution in [0.2, 0.25) is 5.02 Å². The number of esters is 1. The smallest absolute Gasteiger partial charge is 0.306 e. The summed E-state index contributed by atoms with van der Waals surface area (Å²) < 4.78 is 12.2. The highest BCUT2D eigenvalue weighted by atomic mass is 35.5. The quantitative estimate of drug-likeness (QED) is 0.293. The molecule has 0 aliphatic carbocycles. The molecule has 4 aliphatic heterocycles. The highest BCUT2D eigenvalue weighted by Crippen LogP contribution is 2.56. The summed E-state index contributed by atoms with van der Waals surface area (Å²) in [4.78, 5) is 60.0. The number of nitrogens with one attached hydrogen (secondary N) is 1. The number of ether oxygens (including phenoxy) is 2. The van der Waals surface area contributed by atoms with Crippen molar-refractivity contribution in [3.63, 3.8) is 0 Å². The van der Waals surface area contributed by atoms with Crippen LogP contribution in [0.25, 0.3) is 0 Å².